The van der Waals surface area contributed by atoms with Gasteiger partial charge in [0.1, 0.15) is 11.5 Å². The predicted molar refractivity (Wildman–Crippen MR) is 116 cm³/mol. The molecular weight excluding hydrogens is 451 g/mol. The molecule has 7 nitrogen and oxygen atoms in total. The maximum atomic E-state index is 12.9. The molecule has 1 aliphatic rings. The van der Waals surface area contributed by atoms with Gasteiger partial charge in [0, 0.05) is 24.7 Å². The van der Waals surface area contributed by atoms with Crippen molar-refractivity contribution in [2.24, 2.45) is 5.92 Å². The van der Waals surface area contributed by atoms with E-state index in [1.54, 1.807) is 18.2 Å². The molecule has 0 spiro atoms. The van der Waals surface area contributed by atoms with Crippen LogP contribution in [0.15, 0.2) is 41.3 Å². The first-order valence-corrected chi connectivity index (χ1v) is 11.4. The van der Waals surface area contributed by atoms with Crippen LogP contribution in [-0.4, -0.2) is 45.9 Å². The average Bonchev–Trinajstić information content (AvgIpc) is 2.74. The van der Waals surface area contributed by atoms with Crippen molar-refractivity contribution in [3.63, 3.8) is 0 Å². The fraction of sp³-hybridized carbons (Fsp3) is 0.350. The van der Waals surface area contributed by atoms with Gasteiger partial charge in [-0.1, -0.05) is 23.2 Å². The van der Waals surface area contributed by atoms with Gasteiger partial charge in [-0.15, -0.1) is 0 Å². The van der Waals surface area contributed by atoms with Crippen LogP contribution in [-0.2, 0) is 14.8 Å². The third-order valence-electron chi connectivity index (χ3n) is 5.01. The number of benzene rings is 2. The lowest BCUT2D eigenvalue weighted by molar-refractivity contribution is -0.120. The first-order chi connectivity index (χ1) is 14.3. The zero-order chi connectivity index (χ0) is 21.9. The molecule has 1 amide bonds. The third-order valence-corrected chi connectivity index (χ3v) is 7.49. The van der Waals surface area contributed by atoms with E-state index in [1.807, 2.05) is 0 Å². The Hall–Kier alpha value is -2.00. The van der Waals surface area contributed by atoms with Gasteiger partial charge in [0.05, 0.1) is 29.2 Å². The van der Waals surface area contributed by atoms with E-state index in [0.717, 1.165) is 0 Å². The van der Waals surface area contributed by atoms with Crippen molar-refractivity contribution < 1.29 is 22.7 Å². The number of rotatable bonds is 6. The summed E-state index contributed by atoms with van der Waals surface area (Å²) in [4.78, 5) is 12.7. The summed E-state index contributed by atoms with van der Waals surface area (Å²) in [5.41, 5.74) is 0.564. The van der Waals surface area contributed by atoms with Crippen molar-refractivity contribution in [3.8, 4) is 11.5 Å². The lowest BCUT2D eigenvalue weighted by atomic mass is 9.97. The highest BCUT2D eigenvalue weighted by Gasteiger charge is 2.32. The topological polar surface area (TPSA) is 84.9 Å². The summed E-state index contributed by atoms with van der Waals surface area (Å²) < 4.78 is 37.3. The number of hydrogen-bond donors (Lipinski definition) is 1. The highest BCUT2D eigenvalue weighted by molar-refractivity contribution is 7.89. The van der Waals surface area contributed by atoms with Gasteiger partial charge in [0.2, 0.25) is 15.9 Å². The molecule has 1 saturated heterocycles. The smallest absolute Gasteiger partial charge is 0.243 e. The van der Waals surface area contributed by atoms with Crippen molar-refractivity contribution >= 4 is 44.8 Å². The Morgan fingerprint density at radius 1 is 1.00 bits per heavy atom. The maximum absolute atomic E-state index is 12.9. The van der Waals surface area contributed by atoms with Gasteiger partial charge in [-0.05, 0) is 49.2 Å². The van der Waals surface area contributed by atoms with Crippen LogP contribution in [0.25, 0.3) is 0 Å². The van der Waals surface area contributed by atoms with Gasteiger partial charge in [0.15, 0.2) is 0 Å². The Morgan fingerprint density at radius 3 is 2.10 bits per heavy atom. The molecule has 30 heavy (non-hydrogen) atoms. The molecule has 0 bridgehead atoms. The van der Waals surface area contributed by atoms with E-state index in [4.69, 9.17) is 32.7 Å². The second kappa shape index (κ2) is 9.43. The van der Waals surface area contributed by atoms with E-state index in [9.17, 15) is 13.2 Å². The Labute approximate surface area is 185 Å². The van der Waals surface area contributed by atoms with Gasteiger partial charge in [0.25, 0.3) is 0 Å². The van der Waals surface area contributed by atoms with Crippen molar-refractivity contribution in [2.45, 2.75) is 17.7 Å². The molecule has 1 N–H and O–H groups in total. The van der Waals surface area contributed by atoms with Crippen LogP contribution in [0.4, 0.5) is 5.69 Å². The number of hydrogen-bond acceptors (Lipinski definition) is 5. The summed E-state index contributed by atoms with van der Waals surface area (Å²) in [5.74, 6) is 0.467. The number of anilines is 1. The molecule has 3 rings (SSSR count). The summed E-state index contributed by atoms with van der Waals surface area (Å²) >= 11 is 12.2. The molecule has 0 atom stereocenters. The number of ether oxygens (including phenoxy) is 2. The SMILES string of the molecule is COc1ccc(NC(=O)C2CCN(S(=O)(=O)c3ccc(OC)c(Cl)c3)CC2)cc1Cl. The van der Waals surface area contributed by atoms with Crippen molar-refractivity contribution in [1.82, 2.24) is 4.31 Å². The number of piperidine rings is 1. The number of methoxy groups -OCH3 is 2. The molecule has 1 heterocycles. The minimum atomic E-state index is -3.70. The first-order valence-electron chi connectivity index (χ1n) is 9.24. The minimum Gasteiger partial charge on any atom is -0.495 e. The summed E-state index contributed by atoms with van der Waals surface area (Å²) in [7, 11) is -0.722. The van der Waals surface area contributed by atoms with Gasteiger partial charge in [-0.25, -0.2) is 8.42 Å². The van der Waals surface area contributed by atoms with Crippen LogP contribution in [0, 0.1) is 5.92 Å². The largest absolute Gasteiger partial charge is 0.495 e. The quantitative estimate of drug-likeness (QED) is 0.685. The van der Waals surface area contributed by atoms with Gasteiger partial charge in [-0.3, -0.25) is 4.79 Å². The number of sulfonamides is 1. The Kier molecular flexibility index (Phi) is 7.13. The lowest BCUT2D eigenvalue weighted by Gasteiger charge is -2.30. The minimum absolute atomic E-state index is 0.101. The van der Waals surface area contributed by atoms with E-state index in [-0.39, 0.29) is 34.8 Å². The maximum Gasteiger partial charge on any atom is 0.243 e. The number of nitrogens with one attached hydrogen (secondary N) is 1. The molecule has 2 aromatic carbocycles. The predicted octanol–water partition coefficient (Wildman–Crippen LogP) is 4.05. The van der Waals surface area contributed by atoms with Crippen LogP contribution >= 0.6 is 23.2 Å². The van der Waals surface area contributed by atoms with Gasteiger partial charge >= 0.3 is 0 Å². The second-order valence-corrected chi connectivity index (χ2v) is 9.57. The highest BCUT2D eigenvalue weighted by atomic mass is 35.5. The van der Waals surface area contributed by atoms with E-state index < -0.39 is 10.0 Å². The van der Waals surface area contributed by atoms with E-state index >= 15 is 0 Å². The molecule has 0 saturated carbocycles. The zero-order valence-corrected chi connectivity index (χ0v) is 18.9. The molecule has 0 aromatic heterocycles. The number of carbonyl (C=O) groups is 1. The number of carbonyl (C=O) groups excluding carboxylic acids is 1. The molecule has 0 radical (unpaired) electrons. The lowest BCUT2D eigenvalue weighted by Crippen LogP contribution is -2.41. The number of nitrogens with zero attached hydrogens (tertiary/aromatic N) is 1. The van der Waals surface area contributed by atoms with Gasteiger partial charge in [-0.2, -0.15) is 4.31 Å². The van der Waals surface area contributed by atoms with Crippen molar-refractivity contribution in [3.05, 3.63) is 46.4 Å². The summed E-state index contributed by atoms with van der Waals surface area (Å²) in [6.45, 7) is 0.487. The monoisotopic (exact) mass is 472 g/mol. The van der Waals surface area contributed by atoms with Crippen molar-refractivity contribution in [2.75, 3.05) is 32.6 Å². The van der Waals surface area contributed by atoms with Crippen LogP contribution < -0.4 is 14.8 Å². The van der Waals surface area contributed by atoms with E-state index in [1.165, 1.54) is 36.7 Å². The fourth-order valence-corrected chi connectivity index (χ4v) is 5.38. The van der Waals surface area contributed by atoms with Crippen LogP contribution in [0.1, 0.15) is 12.8 Å². The van der Waals surface area contributed by atoms with Crippen molar-refractivity contribution in [1.29, 1.82) is 0 Å². The Balaban J connectivity index is 1.63. The number of amides is 1. The molecule has 1 fully saturated rings. The van der Waals surface area contributed by atoms with E-state index in [0.29, 0.717) is 35.1 Å². The Morgan fingerprint density at radius 2 is 1.57 bits per heavy atom. The molecule has 1 aliphatic heterocycles. The second-order valence-electron chi connectivity index (χ2n) is 6.81. The standard InChI is InChI=1S/C20H22Cl2N2O5S/c1-28-18-5-3-14(11-16(18)21)23-20(25)13-7-9-24(10-8-13)30(26,27)15-4-6-19(29-2)17(22)12-15/h3-6,11-13H,7-10H2,1-2H3,(H,23,25). The zero-order valence-electron chi connectivity index (χ0n) is 16.5. The van der Waals surface area contributed by atoms with E-state index in [2.05, 4.69) is 5.32 Å². The third kappa shape index (κ3) is 4.83. The molecule has 0 aliphatic carbocycles. The summed E-state index contributed by atoms with van der Waals surface area (Å²) in [6, 6.07) is 9.36. The van der Waals surface area contributed by atoms with Crippen LogP contribution in [0.2, 0.25) is 10.0 Å². The number of halogens is 2. The van der Waals surface area contributed by atoms with Gasteiger partial charge < -0.3 is 14.8 Å². The Bertz CT molecular complexity index is 1040. The molecule has 162 valence electrons. The first kappa shape index (κ1) is 22.7. The van der Waals surface area contributed by atoms with Crippen LogP contribution in [0.5, 0.6) is 11.5 Å². The average molecular weight is 473 g/mol. The molecule has 2 aromatic rings. The summed E-state index contributed by atoms with van der Waals surface area (Å²) in [6.07, 6.45) is 0.831. The molecule has 10 heteroatoms. The highest BCUT2D eigenvalue weighted by Crippen LogP contribution is 2.31. The molecular formula is C20H22Cl2N2O5S. The summed E-state index contributed by atoms with van der Waals surface area (Å²) in [5, 5.41) is 3.46. The van der Waals surface area contributed by atoms with Crippen LogP contribution in [0.3, 0.4) is 0 Å². The molecule has 0 unspecified atom stereocenters. The fourth-order valence-electron chi connectivity index (χ4n) is 3.30. The normalized spacial score (nSPS) is 15.6.